The van der Waals surface area contributed by atoms with E-state index in [1.807, 2.05) is 18.2 Å². The van der Waals surface area contributed by atoms with Gasteiger partial charge in [0.1, 0.15) is 5.75 Å². The molecule has 1 aromatic carbocycles. The first kappa shape index (κ1) is 13.3. The van der Waals surface area contributed by atoms with E-state index in [2.05, 4.69) is 23.3 Å². The minimum absolute atomic E-state index is 0.290. The van der Waals surface area contributed by atoms with Crippen LogP contribution in [-0.4, -0.2) is 51.4 Å². The van der Waals surface area contributed by atoms with Gasteiger partial charge in [-0.2, -0.15) is 0 Å². The Morgan fingerprint density at radius 2 is 2.28 bits per heavy atom. The Hall–Kier alpha value is -1.10. The molecule has 0 aliphatic carbocycles. The maximum atomic E-state index is 5.71. The number of nitrogens with one attached hydrogen (secondary N) is 1. The van der Waals surface area contributed by atoms with Crippen LogP contribution in [0, 0.1) is 0 Å². The molecule has 1 aliphatic heterocycles. The summed E-state index contributed by atoms with van der Waals surface area (Å²) in [6.45, 7) is 4.55. The Morgan fingerprint density at radius 3 is 3.06 bits per heavy atom. The molecule has 0 aromatic heterocycles. The maximum absolute atomic E-state index is 5.71. The van der Waals surface area contributed by atoms with E-state index in [-0.39, 0.29) is 0 Å². The molecule has 1 aromatic rings. The van der Waals surface area contributed by atoms with E-state index in [1.165, 1.54) is 5.56 Å². The van der Waals surface area contributed by atoms with Crippen LogP contribution < -0.4 is 10.1 Å². The zero-order chi connectivity index (χ0) is 12.8. The first-order valence-corrected chi connectivity index (χ1v) is 6.42. The van der Waals surface area contributed by atoms with Crippen LogP contribution in [0.25, 0.3) is 0 Å². The molecule has 0 saturated carbocycles. The highest BCUT2D eigenvalue weighted by molar-refractivity contribution is 5.32. The van der Waals surface area contributed by atoms with Crippen LogP contribution in [0.3, 0.4) is 0 Å². The van der Waals surface area contributed by atoms with Crippen molar-refractivity contribution < 1.29 is 9.47 Å². The van der Waals surface area contributed by atoms with Crippen LogP contribution in [0.1, 0.15) is 5.56 Å². The van der Waals surface area contributed by atoms with Gasteiger partial charge in [0.2, 0.25) is 0 Å². The molecule has 100 valence electrons. The second-order valence-corrected chi connectivity index (χ2v) is 4.70. The summed E-state index contributed by atoms with van der Waals surface area (Å²) in [5.41, 5.74) is 1.18. The third-order valence-electron chi connectivity index (χ3n) is 3.22. The highest BCUT2D eigenvalue weighted by atomic mass is 16.5. The molecule has 1 aliphatic rings. The highest BCUT2D eigenvalue weighted by Crippen LogP contribution is 2.16. The van der Waals surface area contributed by atoms with Crippen molar-refractivity contribution in [1.29, 1.82) is 0 Å². The van der Waals surface area contributed by atoms with Crippen molar-refractivity contribution in [3.8, 4) is 5.75 Å². The van der Waals surface area contributed by atoms with Gasteiger partial charge in [0, 0.05) is 31.7 Å². The predicted molar refractivity (Wildman–Crippen MR) is 71.9 cm³/mol. The summed E-state index contributed by atoms with van der Waals surface area (Å²) in [4.78, 5) is 2.30. The lowest BCUT2D eigenvalue weighted by atomic mass is 10.2. The third-order valence-corrected chi connectivity index (χ3v) is 3.22. The predicted octanol–water partition coefficient (Wildman–Crippen LogP) is 1.12. The molecule has 0 bridgehead atoms. The fourth-order valence-electron chi connectivity index (χ4n) is 2.21. The largest absolute Gasteiger partial charge is 0.496 e. The number of likely N-dealkylation sites (N-methyl/N-ethyl adjacent to an activating group) is 1. The number of morpholine rings is 1. The Bertz CT molecular complexity index is 371. The van der Waals surface area contributed by atoms with Crippen LogP contribution in [-0.2, 0) is 11.3 Å². The summed E-state index contributed by atoms with van der Waals surface area (Å²) in [6, 6.07) is 8.09. The van der Waals surface area contributed by atoms with Gasteiger partial charge in [-0.25, -0.2) is 0 Å². The number of hydrogen-bond donors (Lipinski definition) is 1. The van der Waals surface area contributed by atoms with Gasteiger partial charge in [-0.3, -0.25) is 0 Å². The Morgan fingerprint density at radius 1 is 1.44 bits per heavy atom. The van der Waals surface area contributed by atoms with Crippen LogP contribution >= 0.6 is 0 Å². The number of ether oxygens (including phenoxy) is 2. The summed E-state index contributed by atoms with van der Waals surface area (Å²) in [5, 5.41) is 3.44. The van der Waals surface area contributed by atoms with Crippen molar-refractivity contribution in [3.05, 3.63) is 29.8 Å². The summed E-state index contributed by atoms with van der Waals surface area (Å²) in [5.74, 6) is 0.937. The van der Waals surface area contributed by atoms with E-state index in [1.54, 1.807) is 7.11 Å². The van der Waals surface area contributed by atoms with Crippen LogP contribution in [0.5, 0.6) is 5.75 Å². The molecule has 18 heavy (non-hydrogen) atoms. The normalized spacial score (nSPS) is 20.9. The lowest BCUT2D eigenvalue weighted by Gasteiger charge is -2.30. The standard InChI is InChI=1S/C14H22N2O2/c1-16-7-8-18-13(11-16)10-15-9-12-5-3-4-6-14(12)17-2/h3-6,13,15H,7-11H2,1-2H3/t13-/m1/s1. The molecular formula is C14H22N2O2. The number of para-hydroxylation sites is 1. The molecule has 0 radical (unpaired) electrons. The average molecular weight is 250 g/mol. The van der Waals surface area contributed by atoms with Crippen molar-refractivity contribution in [2.24, 2.45) is 0 Å². The van der Waals surface area contributed by atoms with E-state index in [9.17, 15) is 0 Å². The number of methoxy groups -OCH3 is 1. The lowest BCUT2D eigenvalue weighted by Crippen LogP contribution is -2.44. The topological polar surface area (TPSA) is 33.7 Å². The number of benzene rings is 1. The van der Waals surface area contributed by atoms with Gasteiger partial charge < -0.3 is 19.7 Å². The smallest absolute Gasteiger partial charge is 0.123 e. The van der Waals surface area contributed by atoms with E-state index >= 15 is 0 Å². The number of nitrogens with zero attached hydrogens (tertiary/aromatic N) is 1. The van der Waals surface area contributed by atoms with Crippen molar-refractivity contribution >= 4 is 0 Å². The summed E-state index contributed by atoms with van der Waals surface area (Å²) < 4.78 is 11.0. The first-order chi connectivity index (χ1) is 8.79. The third kappa shape index (κ3) is 3.70. The Balaban J connectivity index is 1.77. The molecule has 1 heterocycles. The second kappa shape index (κ2) is 6.73. The average Bonchev–Trinajstić information content (AvgIpc) is 2.39. The van der Waals surface area contributed by atoms with Crippen LogP contribution in [0.15, 0.2) is 24.3 Å². The molecule has 1 N–H and O–H groups in total. The number of hydrogen-bond acceptors (Lipinski definition) is 4. The van der Waals surface area contributed by atoms with Gasteiger partial charge in [-0.05, 0) is 13.1 Å². The SMILES string of the molecule is COc1ccccc1CNC[C@@H]1CN(C)CCO1. The molecule has 4 heteroatoms. The van der Waals surface area contributed by atoms with Gasteiger partial charge in [0.05, 0.1) is 19.8 Å². The zero-order valence-electron chi connectivity index (χ0n) is 11.2. The molecule has 2 rings (SSSR count). The van der Waals surface area contributed by atoms with Gasteiger partial charge in [-0.1, -0.05) is 18.2 Å². The van der Waals surface area contributed by atoms with Crippen molar-refractivity contribution in [2.45, 2.75) is 12.6 Å². The Kier molecular flexibility index (Phi) is 4.99. The molecule has 0 spiro atoms. The van der Waals surface area contributed by atoms with Gasteiger partial charge >= 0.3 is 0 Å². The van der Waals surface area contributed by atoms with E-state index < -0.39 is 0 Å². The summed E-state index contributed by atoms with van der Waals surface area (Å²) >= 11 is 0. The molecule has 0 unspecified atom stereocenters. The minimum Gasteiger partial charge on any atom is -0.496 e. The van der Waals surface area contributed by atoms with Gasteiger partial charge in [-0.15, -0.1) is 0 Å². The molecular weight excluding hydrogens is 228 g/mol. The molecule has 0 amide bonds. The highest BCUT2D eigenvalue weighted by Gasteiger charge is 2.16. The molecule has 1 fully saturated rings. The lowest BCUT2D eigenvalue weighted by molar-refractivity contribution is -0.0182. The molecule has 1 saturated heterocycles. The van der Waals surface area contributed by atoms with E-state index in [0.717, 1.165) is 38.5 Å². The molecule has 4 nitrogen and oxygen atoms in total. The fourth-order valence-corrected chi connectivity index (χ4v) is 2.21. The van der Waals surface area contributed by atoms with E-state index in [4.69, 9.17) is 9.47 Å². The van der Waals surface area contributed by atoms with Crippen molar-refractivity contribution in [3.63, 3.8) is 0 Å². The van der Waals surface area contributed by atoms with Gasteiger partial charge in [0.25, 0.3) is 0 Å². The first-order valence-electron chi connectivity index (χ1n) is 6.42. The fraction of sp³-hybridized carbons (Fsp3) is 0.571. The van der Waals surface area contributed by atoms with E-state index in [0.29, 0.717) is 6.10 Å². The quantitative estimate of drug-likeness (QED) is 0.849. The van der Waals surface area contributed by atoms with Crippen LogP contribution in [0.2, 0.25) is 0 Å². The monoisotopic (exact) mass is 250 g/mol. The summed E-state index contributed by atoms with van der Waals surface area (Å²) in [7, 11) is 3.84. The molecule has 1 atom stereocenters. The maximum Gasteiger partial charge on any atom is 0.123 e. The second-order valence-electron chi connectivity index (χ2n) is 4.70. The van der Waals surface area contributed by atoms with Crippen LogP contribution in [0.4, 0.5) is 0 Å². The minimum atomic E-state index is 0.290. The van der Waals surface area contributed by atoms with Crippen molar-refractivity contribution in [2.75, 3.05) is 40.4 Å². The number of rotatable bonds is 5. The zero-order valence-corrected chi connectivity index (χ0v) is 11.2. The Labute approximate surface area is 109 Å². The van der Waals surface area contributed by atoms with Gasteiger partial charge in [0.15, 0.2) is 0 Å². The van der Waals surface area contributed by atoms with Crippen molar-refractivity contribution in [1.82, 2.24) is 10.2 Å². The summed E-state index contributed by atoms with van der Waals surface area (Å²) in [6.07, 6.45) is 0.290.